The van der Waals surface area contributed by atoms with Gasteiger partial charge in [-0.15, -0.1) is 12.6 Å². The van der Waals surface area contributed by atoms with E-state index in [4.69, 9.17) is 0 Å². The Balaban J connectivity index is 2.97. The molecular weight excluding hydrogens is 256 g/mol. The maximum atomic E-state index is 9.41. The molecule has 0 spiro atoms. The minimum atomic E-state index is 0.312. The van der Waals surface area contributed by atoms with Crippen molar-refractivity contribution in [2.75, 3.05) is 0 Å². The van der Waals surface area contributed by atoms with Gasteiger partial charge in [-0.2, -0.15) is 0 Å². The van der Waals surface area contributed by atoms with Gasteiger partial charge in [-0.1, -0.05) is 17.4 Å². The van der Waals surface area contributed by atoms with E-state index >= 15 is 0 Å². The fourth-order valence-electron chi connectivity index (χ4n) is 1.08. The molecule has 1 aromatic heterocycles. The molecule has 1 N–H and O–H groups in total. The summed E-state index contributed by atoms with van der Waals surface area (Å²) in [5.74, 6) is 0. The Bertz CT molecular complexity index is 436. The predicted molar refractivity (Wildman–Crippen MR) is 58.4 cm³/mol. The topological polar surface area (TPSA) is 20.2 Å². The third kappa shape index (κ3) is 1.14. The number of halogens is 1. The molecular formula is C8H5BrOS2. The van der Waals surface area contributed by atoms with Crippen molar-refractivity contribution in [3.63, 3.8) is 0 Å². The van der Waals surface area contributed by atoms with E-state index < -0.39 is 0 Å². The van der Waals surface area contributed by atoms with Gasteiger partial charge in [-0.05, 0) is 28.1 Å². The van der Waals surface area contributed by atoms with Crippen LogP contribution in [-0.2, 0) is 0 Å². The molecule has 2 rings (SSSR count). The van der Waals surface area contributed by atoms with Crippen molar-refractivity contribution in [2.24, 2.45) is 0 Å². The smallest absolute Gasteiger partial charge is 0.186 e. The van der Waals surface area contributed by atoms with Crippen LogP contribution in [0.5, 0.6) is 5.06 Å². The van der Waals surface area contributed by atoms with E-state index in [2.05, 4.69) is 28.6 Å². The van der Waals surface area contributed by atoms with Crippen molar-refractivity contribution in [2.45, 2.75) is 4.90 Å². The summed E-state index contributed by atoms with van der Waals surface area (Å²) < 4.78 is 1.79. The van der Waals surface area contributed by atoms with E-state index in [9.17, 15) is 5.11 Å². The molecule has 0 aliphatic heterocycles. The standard InChI is InChI=1S/C8H5BrOS2/c9-7-6-4(11)2-1-3-5(6)12-8(7)10/h1-3,10-11H. The summed E-state index contributed by atoms with van der Waals surface area (Å²) in [5, 5.41) is 10.7. The second-order valence-electron chi connectivity index (χ2n) is 2.37. The van der Waals surface area contributed by atoms with Crippen LogP contribution < -0.4 is 0 Å². The highest BCUT2D eigenvalue weighted by Crippen LogP contribution is 2.42. The zero-order valence-electron chi connectivity index (χ0n) is 5.91. The van der Waals surface area contributed by atoms with Crippen LogP contribution in [0.25, 0.3) is 10.1 Å². The molecule has 0 saturated heterocycles. The average molecular weight is 261 g/mol. The fraction of sp³-hybridized carbons (Fsp3) is 0. The first-order valence-electron chi connectivity index (χ1n) is 3.29. The van der Waals surface area contributed by atoms with Gasteiger partial charge < -0.3 is 5.11 Å². The minimum Gasteiger partial charge on any atom is -0.499 e. The summed E-state index contributed by atoms with van der Waals surface area (Å²) in [4.78, 5) is 0.885. The normalized spacial score (nSPS) is 10.8. The zero-order chi connectivity index (χ0) is 8.72. The van der Waals surface area contributed by atoms with Crippen LogP contribution in [-0.4, -0.2) is 5.11 Å². The van der Waals surface area contributed by atoms with E-state index in [-0.39, 0.29) is 0 Å². The third-order valence-corrected chi connectivity index (χ3v) is 3.98. The molecule has 0 bridgehead atoms. The van der Waals surface area contributed by atoms with Gasteiger partial charge in [0.1, 0.15) is 0 Å². The molecule has 0 radical (unpaired) electrons. The quantitative estimate of drug-likeness (QED) is 0.693. The van der Waals surface area contributed by atoms with E-state index in [1.165, 1.54) is 11.3 Å². The van der Waals surface area contributed by atoms with Crippen LogP contribution >= 0.6 is 39.9 Å². The highest BCUT2D eigenvalue weighted by Gasteiger charge is 2.09. The Labute approximate surface area is 87.6 Å². The maximum absolute atomic E-state index is 9.41. The second-order valence-corrected chi connectivity index (χ2v) is 4.68. The van der Waals surface area contributed by atoms with Gasteiger partial charge in [0, 0.05) is 15.0 Å². The van der Waals surface area contributed by atoms with Crippen LogP contribution in [0.1, 0.15) is 0 Å². The highest BCUT2D eigenvalue weighted by molar-refractivity contribution is 9.10. The number of benzene rings is 1. The second kappa shape index (κ2) is 2.94. The molecule has 0 atom stereocenters. The maximum Gasteiger partial charge on any atom is 0.186 e. The predicted octanol–water partition coefficient (Wildman–Crippen LogP) is 3.66. The summed E-state index contributed by atoms with van der Waals surface area (Å²) in [6.07, 6.45) is 0. The molecule has 62 valence electrons. The Morgan fingerprint density at radius 1 is 1.42 bits per heavy atom. The fourth-order valence-corrected chi connectivity index (χ4v) is 3.29. The largest absolute Gasteiger partial charge is 0.499 e. The lowest BCUT2D eigenvalue weighted by Gasteiger charge is -1.93. The van der Waals surface area contributed by atoms with E-state index in [1.54, 1.807) is 0 Å². The van der Waals surface area contributed by atoms with Gasteiger partial charge in [-0.3, -0.25) is 0 Å². The molecule has 1 heterocycles. The summed E-state index contributed by atoms with van der Waals surface area (Å²) in [5.41, 5.74) is 0. The van der Waals surface area contributed by atoms with Crippen molar-refractivity contribution in [3.8, 4) is 5.06 Å². The van der Waals surface area contributed by atoms with Crippen molar-refractivity contribution in [3.05, 3.63) is 22.7 Å². The van der Waals surface area contributed by atoms with Gasteiger partial charge in [0.05, 0.1) is 4.47 Å². The molecule has 0 unspecified atom stereocenters. The van der Waals surface area contributed by atoms with E-state index in [0.717, 1.165) is 19.5 Å². The zero-order valence-corrected chi connectivity index (χ0v) is 9.21. The number of hydrogen-bond donors (Lipinski definition) is 2. The Morgan fingerprint density at radius 3 is 2.83 bits per heavy atom. The highest BCUT2D eigenvalue weighted by atomic mass is 79.9. The van der Waals surface area contributed by atoms with Crippen LogP contribution in [0.2, 0.25) is 0 Å². The van der Waals surface area contributed by atoms with Crippen LogP contribution in [0.3, 0.4) is 0 Å². The lowest BCUT2D eigenvalue weighted by Crippen LogP contribution is -1.67. The Hall–Kier alpha value is -0.190. The first-order chi connectivity index (χ1) is 5.70. The van der Waals surface area contributed by atoms with Crippen LogP contribution in [0, 0.1) is 0 Å². The molecule has 0 aliphatic rings. The molecule has 12 heavy (non-hydrogen) atoms. The number of thiophene rings is 1. The Morgan fingerprint density at radius 2 is 2.17 bits per heavy atom. The first kappa shape index (κ1) is 8.41. The molecule has 0 aliphatic carbocycles. The summed E-state index contributed by atoms with van der Waals surface area (Å²) in [6, 6.07) is 5.79. The molecule has 1 nitrogen and oxygen atoms in total. The Kier molecular flexibility index (Phi) is 2.06. The minimum absolute atomic E-state index is 0.312. The molecule has 2 aromatic rings. The van der Waals surface area contributed by atoms with Gasteiger partial charge >= 0.3 is 0 Å². The number of aromatic hydroxyl groups is 1. The molecule has 1 aromatic carbocycles. The van der Waals surface area contributed by atoms with Crippen molar-refractivity contribution in [1.82, 2.24) is 0 Å². The summed E-state index contributed by atoms with van der Waals surface area (Å²) >= 11 is 8.96. The molecule has 0 amide bonds. The SMILES string of the molecule is Oc1sc2cccc(S)c2c1Br. The number of rotatable bonds is 0. The van der Waals surface area contributed by atoms with Gasteiger partial charge in [0.15, 0.2) is 5.06 Å². The molecule has 0 saturated carbocycles. The van der Waals surface area contributed by atoms with Crippen LogP contribution in [0.4, 0.5) is 0 Å². The van der Waals surface area contributed by atoms with Crippen LogP contribution in [0.15, 0.2) is 27.6 Å². The summed E-state index contributed by atoms with van der Waals surface area (Å²) in [6.45, 7) is 0. The molecule has 4 heteroatoms. The summed E-state index contributed by atoms with van der Waals surface area (Å²) in [7, 11) is 0. The van der Waals surface area contributed by atoms with Crippen molar-refractivity contribution >= 4 is 50.0 Å². The number of hydrogen-bond acceptors (Lipinski definition) is 3. The third-order valence-electron chi connectivity index (χ3n) is 1.62. The van der Waals surface area contributed by atoms with Gasteiger partial charge in [0.2, 0.25) is 0 Å². The first-order valence-corrected chi connectivity index (χ1v) is 5.35. The van der Waals surface area contributed by atoms with E-state index in [0.29, 0.717) is 5.06 Å². The lowest BCUT2D eigenvalue weighted by molar-refractivity contribution is 0.488. The number of thiol groups is 1. The molecule has 0 fully saturated rings. The number of fused-ring (bicyclic) bond motifs is 1. The monoisotopic (exact) mass is 260 g/mol. The average Bonchev–Trinajstić information content (AvgIpc) is 2.29. The van der Waals surface area contributed by atoms with Gasteiger partial charge in [-0.25, -0.2) is 0 Å². The van der Waals surface area contributed by atoms with E-state index in [1.807, 2.05) is 18.2 Å². The lowest BCUT2D eigenvalue weighted by atomic mass is 10.3. The van der Waals surface area contributed by atoms with Crippen molar-refractivity contribution in [1.29, 1.82) is 0 Å². The van der Waals surface area contributed by atoms with Gasteiger partial charge in [0.25, 0.3) is 0 Å². The van der Waals surface area contributed by atoms with Crippen molar-refractivity contribution < 1.29 is 5.11 Å².